The van der Waals surface area contributed by atoms with Gasteiger partial charge in [-0.25, -0.2) is 4.79 Å². The first-order chi connectivity index (χ1) is 12.8. The lowest BCUT2D eigenvalue weighted by Gasteiger charge is -2.03. The Morgan fingerprint density at radius 1 is 0.846 bits per heavy atom. The van der Waals surface area contributed by atoms with Crippen LogP contribution in [0.15, 0.2) is 72.8 Å². The molecule has 0 saturated carbocycles. The number of carbonyl (C=O) groups is 1. The molecule has 1 aromatic heterocycles. The van der Waals surface area contributed by atoms with E-state index in [1.54, 1.807) is 0 Å². The summed E-state index contributed by atoms with van der Waals surface area (Å²) in [5, 5.41) is 11.4. The number of aliphatic hydroxyl groups excluding tert-OH is 1. The Hall–Kier alpha value is -2.69. The lowest BCUT2D eigenvalue weighted by atomic mass is 10.2. The van der Waals surface area contributed by atoms with E-state index in [1.165, 1.54) is 25.1 Å². The van der Waals surface area contributed by atoms with Crippen molar-refractivity contribution >= 4 is 36.6 Å². The van der Waals surface area contributed by atoms with Crippen molar-refractivity contribution in [2.24, 2.45) is 0 Å². The molecule has 0 aliphatic rings. The minimum absolute atomic E-state index is 0.0217. The van der Waals surface area contributed by atoms with Crippen LogP contribution < -0.4 is 0 Å². The Bertz CT molecular complexity index is 1010. The number of esters is 1. The van der Waals surface area contributed by atoms with Gasteiger partial charge in [0.15, 0.2) is 14.3 Å². The van der Waals surface area contributed by atoms with Gasteiger partial charge in [0.25, 0.3) is 0 Å². The minimum Gasteiger partial charge on any atom is -0.462 e. The molecule has 4 rings (SSSR count). The van der Waals surface area contributed by atoms with Gasteiger partial charge in [0.2, 0.25) is 0 Å². The Labute approximate surface area is 154 Å². The van der Waals surface area contributed by atoms with E-state index >= 15 is 0 Å². The number of hydrogen-bond donors (Lipinski definition) is 1. The van der Waals surface area contributed by atoms with Crippen LogP contribution >= 0.6 is 10.5 Å². The number of ether oxygens (including phenoxy) is 1. The second-order valence-corrected chi connectivity index (χ2v) is 8.00. The highest BCUT2D eigenvalue weighted by molar-refractivity contribution is 7.50. The first kappa shape index (κ1) is 16.8. The Morgan fingerprint density at radius 3 is 2.00 bits per heavy atom. The zero-order chi connectivity index (χ0) is 17.9. The molecule has 0 unspecified atom stereocenters. The van der Waals surface area contributed by atoms with E-state index in [0.29, 0.717) is 12.0 Å². The number of thiophene rings is 1. The first-order valence-electron chi connectivity index (χ1n) is 8.60. The highest BCUT2D eigenvalue weighted by Crippen LogP contribution is 2.48. The molecular formula is C22H19O3S+. The van der Waals surface area contributed by atoms with E-state index in [4.69, 9.17) is 9.84 Å². The fourth-order valence-electron chi connectivity index (χ4n) is 3.15. The smallest absolute Gasteiger partial charge is 0.338 e. The topological polar surface area (TPSA) is 46.5 Å². The number of rotatable bonds is 5. The molecule has 1 N–H and O–H groups in total. The molecule has 0 atom stereocenters. The number of hydrogen-bond acceptors (Lipinski definition) is 3. The summed E-state index contributed by atoms with van der Waals surface area (Å²) in [5.41, 5.74) is 0.538. The summed E-state index contributed by atoms with van der Waals surface area (Å²) in [6.45, 7) is 0.260. The average Bonchev–Trinajstić information content (AvgIpc) is 3.03. The van der Waals surface area contributed by atoms with Crippen molar-refractivity contribution in [3.05, 3.63) is 78.4 Å². The van der Waals surface area contributed by atoms with Crippen molar-refractivity contribution in [3.8, 4) is 4.90 Å². The van der Waals surface area contributed by atoms with Crippen molar-refractivity contribution in [1.82, 2.24) is 0 Å². The van der Waals surface area contributed by atoms with Crippen molar-refractivity contribution in [3.63, 3.8) is 0 Å². The van der Waals surface area contributed by atoms with Gasteiger partial charge < -0.3 is 9.84 Å². The maximum absolute atomic E-state index is 12.0. The summed E-state index contributed by atoms with van der Waals surface area (Å²) >= 11 is 0. The van der Waals surface area contributed by atoms with Gasteiger partial charge in [-0.1, -0.05) is 24.3 Å². The SMILES string of the molecule is O=C(OCCCO)c1ccc(-[s+]2c3ccccc3c3ccccc32)cc1. The van der Waals surface area contributed by atoms with Crippen LogP contribution in [0.5, 0.6) is 0 Å². The standard InChI is InChI=1S/C22H19O3S/c23-14-5-15-25-22(24)16-10-12-17(13-11-16)26-20-8-3-1-6-18(20)19-7-2-4-9-21(19)26/h1-4,6-13,23H,5,14-15H2/q+1. The van der Waals surface area contributed by atoms with Gasteiger partial charge in [0.1, 0.15) is 0 Å². The average molecular weight is 363 g/mol. The summed E-state index contributed by atoms with van der Waals surface area (Å²) < 4.78 is 7.80. The monoisotopic (exact) mass is 363 g/mol. The lowest BCUT2D eigenvalue weighted by molar-refractivity contribution is 0.0482. The second kappa shape index (κ2) is 7.28. The molecule has 4 aromatic rings. The molecule has 130 valence electrons. The molecule has 0 aliphatic heterocycles. The summed E-state index contributed by atoms with van der Waals surface area (Å²) in [6, 6.07) is 24.7. The van der Waals surface area contributed by atoms with Gasteiger partial charge in [-0.2, -0.15) is 0 Å². The Morgan fingerprint density at radius 2 is 1.42 bits per heavy atom. The molecule has 0 bridgehead atoms. The molecule has 1 heterocycles. The summed E-state index contributed by atoms with van der Waals surface area (Å²) in [6.07, 6.45) is 0.459. The zero-order valence-corrected chi connectivity index (χ0v) is 15.0. The highest BCUT2D eigenvalue weighted by Gasteiger charge is 2.23. The van der Waals surface area contributed by atoms with Crippen LogP contribution in [0.25, 0.3) is 25.1 Å². The fourth-order valence-corrected chi connectivity index (χ4v) is 5.52. The van der Waals surface area contributed by atoms with E-state index in [9.17, 15) is 4.79 Å². The van der Waals surface area contributed by atoms with Gasteiger partial charge in [-0.05, 0) is 48.5 Å². The molecule has 0 saturated heterocycles. The van der Waals surface area contributed by atoms with E-state index in [2.05, 4.69) is 48.5 Å². The van der Waals surface area contributed by atoms with Gasteiger partial charge in [0.05, 0.1) is 12.2 Å². The lowest BCUT2D eigenvalue weighted by Crippen LogP contribution is -2.07. The van der Waals surface area contributed by atoms with Crippen molar-refractivity contribution in [2.45, 2.75) is 6.42 Å². The number of benzene rings is 3. The van der Waals surface area contributed by atoms with Crippen LogP contribution in [0.2, 0.25) is 0 Å². The highest BCUT2D eigenvalue weighted by atomic mass is 32.2. The Balaban J connectivity index is 1.75. The molecule has 0 fully saturated rings. The normalized spacial score (nSPS) is 11.1. The first-order valence-corrected chi connectivity index (χ1v) is 9.83. The molecule has 26 heavy (non-hydrogen) atoms. The molecule has 0 spiro atoms. The van der Waals surface area contributed by atoms with Crippen molar-refractivity contribution in [2.75, 3.05) is 13.2 Å². The van der Waals surface area contributed by atoms with Crippen molar-refractivity contribution in [1.29, 1.82) is 0 Å². The van der Waals surface area contributed by atoms with Crippen LogP contribution in [0.1, 0.15) is 16.8 Å². The number of fused-ring (bicyclic) bond motifs is 3. The van der Waals surface area contributed by atoms with E-state index < -0.39 is 0 Å². The fraction of sp³-hybridized carbons (Fsp3) is 0.136. The van der Waals surface area contributed by atoms with Crippen LogP contribution in [0.4, 0.5) is 0 Å². The zero-order valence-electron chi connectivity index (χ0n) is 14.2. The van der Waals surface area contributed by atoms with Gasteiger partial charge in [-0.15, -0.1) is 0 Å². The molecular weight excluding hydrogens is 344 g/mol. The third-order valence-corrected chi connectivity index (χ3v) is 6.70. The summed E-state index contributed by atoms with van der Waals surface area (Å²) in [4.78, 5) is 13.2. The van der Waals surface area contributed by atoms with E-state index in [-0.39, 0.29) is 29.7 Å². The molecule has 0 radical (unpaired) electrons. The quantitative estimate of drug-likeness (QED) is 0.298. The van der Waals surface area contributed by atoms with E-state index in [0.717, 1.165) is 0 Å². The third kappa shape index (κ3) is 2.98. The van der Waals surface area contributed by atoms with Gasteiger partial charge in [0, 0.05) is 34.3 Å². The van der Waals surface area contributed by atoms with Crippen LogP contribution in [-0.4, -0.2) is 24.3 Å². The molecule has 4 heteroatoms. The van der Waals surface area contributed by atoms with E-state index in [1.807, 2.05) is 24.3 Å². The largest absolute Gasteiger partial charge is 0.462 e. The predicted octanol–water partition coefficient (Wildman–Crippen LogP) is 5.27. The molecule has 0 amide bonds. The van der Waals surface area contributed by atoms with Crippen LogP contribution in [0, 0.1) is 0 Å². The van der Waals surface area contributed by atoms with Gasteiger partial charge >= 0.3 is 5.97 Å². The molecule has 3 aromatic carbocycles. The maximum atomic E-state index is 12.0. The summed E-state index contributed by atoms with van der Waals surface area (Å²) in [7, 11) is -0.154. The van der Waals surface area contributed by atoms with Crippen LogP contribution in [-0.2, 0) is 4.74 Å². The Kier molecular flexibility index (Phi) is 4.69. The minimum atomic E-state index is -0.347. The van der Waals surface area contributed by atoms with Crippen molar-refractivity contribution < 1.29 is 14.6 Å². The molecule has 0 aliphatic carbocycles. The predicted molar refractivity (Wildman–Crippen MR) is 107 cm³/mol. The maximum Gasteiger partial charge on any atom is 0.338 e. The van der Waals surface area contributed by atoms with Gasteiger partial charge in [-0.3, -0.25) is 0 Å². The number of aliphatic hydroxyl groups is 1. The molecule has 3 nitrogen and oxygen atoms in total. The summed E-state index contributed by atoms with van der Waals surface area (Å²) in [5.74, 6) is -0.347. The van der Waals surface area contributed by atoms with Crippen LogP contribution in [0.3, 0.4) is 0 Å². The third-order valence-electron chi connectivity index (χ3n) is 4.37. The number of carbonyl (C=O) groups excluding carboxylic acids is 1. The second-order valence-electron chi connectivity index (χ2n) is 6.04.